The average Bonchev–Trinajstić information content (AvgIpc) is 2.80. The van der Waals surface area contributed by atoms with E-state index in [9.17, 15) is 18.3 Å². The molecule has 0 fully saturated rings. The smallest absolute Gasteiger partial charge is 0.384 e. The standard InChI is InChI=1S/C11H16F3NO2S/c1-4-10(5-2,17-3)8(16)7-6-15-9(18-7)11(12,13)14/h6,8,16H,4-5H2,1-3H3. The summed E-state index contributed by atoms with van der Waals surface area (Å²) in [4.78, 5) is 3.48. The maximum Gasteiger partial charge on any atom is 0.443 e. The SMILES string of the molecule is CCC(CC)(OC)C(O)c1cnc(C(F)(F)F)s1. The Morgan fingerprint density at radius 1 is 1.39 bits per heavy atom. The number of halogens is 3. The molecule has 1 N–H and O–H groups in total. The van der Waals surface area contributed by atoms with E-state index in [2.05, 4.69) is 4.98 Å². The molecule has 0 aliphatic carbocycles. The lowest BCUT2D eigenvalue weighted by Crippen LogP contribution is -2.36. The zero-order valence-corrected chi connectivity index (χ0v) is 11.2. The van der Waals surface area contributed by atoms with E-state index in [-0.39, 0.29) is 4.88 Å². The number of aliphatic hydroxyl groups is 1. The fraction of sp³-hybridized carbons (Fsp3) is 0.727. The van der Waals surface area contributed by atoms with E-state index in [0.717, 1.165) is 6.20 Å². The summed E-state index contributed by atoms with van der Waals surface area (Å²) in [6.45, 7) is 3.64. The van der Waals surface area contributed by atoms with Crippen molar-refractivity contribution in [1.82, 2.24) is 4.98 Å². The van der Waals surface area contributed by atoms with Crippen molar-refractivity contribution >= 4 is 11.3 Å². The highest BCUT2D eigenvalue weighted by Crippen LogP contribution is 2.40. The molecule has 1 aromatic rings. The largest absolute Gasteiger partial charge is 0.443 e. The van der Waals surface area contributed by atoms with Gasteiger partial charge in [-0.2, -0.15) is 13.2 Å². The van der Waals surface area contributed by atoms with Crippen LogP contribution in [-0.4, -0.2) is 22.8 Å². The van der Waals surface area contributed by atoms with Crippen molar-refractivity contribution in [3.05, 3.63) is 16.1 Å². The second-order valence-electron chi connectivity index (χ2n) is 3.94. The number of hydrogen-bond donors (Lipinski definition) is 1. The highest BCUT2D eigenvalue weighted by molar-refractivity contribution is 7.11. The monoisotopic (exact) mass is 283 g/mol. The third-order valence-electron chi connectivity index (χ3n) is 3.14. The fourth-order valence-corrected chi connectivity index (χ4v) is 2.72. The third-order valence-corrected chi connectivity index (χ3v) is 4.23. The van der Waals surface area contributed by atoms with Crippen LogP contribution in [0, 0.1) is 0 Å². The number of methoxy groups -OCH3 is 1. The molecule has 0 amide bonds. The van der Waals surface area contributed by atoms with Gasteiger partial charge in [-0.05, 0) is 12.8 Å². The zero-order valence-electron chi connectivity index (χ0n) is 10.4. The summed E-state index contributed by atoms with van der Waals surface area (Å²) in [5, 5.41) is 9.24. The number of rotatable bonds is 5. The molecule has 1 aromatic heterocycles. The first kappa shape index (κ1) is 15.4. The van der Waals surface area contributed by atoms with E-state index in [1.807, 2.05) is 13.8 Å². The molecule has 0 saturated carbocycles. The van der Waals surface area contributed by atoms with Crippen LogP contribution in [0.15, 0.2) is 6.20 Å². The molecule has 0 aromatic carbocycles. The van der Waals surface area contributed by atoms with E-state index in [0.29, 0.717) is 24.2 Å². The number of hydrogen-bond acceptors (Lipinski definition) is 4. The Labute approximate surface area is 108 Å². The van der Waals surface area contributed by atoms with Crippen LogP contribution >= 0.6 is 11.3 Å². The van der Waals surface area contributed by atoms with E-state index in [1.165, 1.54) is 7.11 Å². The zero-order chi connectivity index (χ0) is 14.0. The van der Waals surface area contributed by atoms with Crippen molar-refractivity contribution in [3.63, 3.8) is 0 Å². The molecular formula is C11H16F3NO2S. The van der Waals surface area contributed by atoms with Crippen molar-refractivity contribution < 1.29 is 23.0 Å². The van der Waals surface area contributed by atoms with Gasteiger partial charge in [-0.25, -0.2) is 4.98 Å². The highest BCUT2D eigenvalue weighted by Gasteiger charge is 2.40. The van der Waals surface area contributed by atoms with Crippen LogP contribution in [0.25, 0.3) is 0 Å². The van der Waals surface area contributed by atoms with Gasteiger partial charge in [-0.3, -0.25) is 0 Å². The van der Waals surface area contributed by atoms with Crippen molar-refractivity contribution in [3.8, 4) is 0 Å². The number of thiazole rings is 1. The average molecular weight is 283 g/mol. The second-order valence-corrected chi connectivity index (χ2v) is 5.01. The Morgan fingerprint density at radius 3 is 2.28 bits per heavy atom. The summed E-state index contributed by atoms with van der Waals surface area (Å²) in [6.07, 6.45) is -3.51. The molecular weight excluding hydrogens is 267 g/mol. The first-order chi connectivity index (χ1) is 8.30. The van der Waals surface area contributed by atoms with Gasteiger partial charge in [0, 0.05) is 13.3 Å². The molecule has 0 bridgehead atoms. The Morgan fingerprint density at radius 2 is 1.94 bits per heavy atom. The topological polar surface area (TPSA) is 42.4 Å². The highest BCUT2D eigenvalue weighted by atomic mass is 32.1. The summed E-state index contributed by atoms with van der Waals surface area (Å²) in [7, 11) is 1.45. The number of aliphatic hydroxyl groups excluding tert-OH is 1. The van der Waals surface area contributed by atoms with Gasteiger partial charge < -0.3 is 9.84 Å². The first-order valence-corrected chi connectivity index (χ1v) is 6.38. The Hall–Kier alpha value is -0.660. The number of nitrogens with zero attached hydrogens (tertiary/aromatic N) is 1. The van der Waals surface area contributed by atoms with Crippen LogP contribution in [-0.2, 0) is 10.9 Å². The van der Waals surface area contributed by atoms with Gasteiger partial charge in [-0.15, -0.1) is 11.3 Å². The Bertz CT molecular complexity index is 380. The number of ether oxygens (including phenoxy) is 1. The van der Waals surface area contributed by atoms with Crippen LogP contribution in [0.1, 0.15) is 42.7 Å². The van der Waals surface area contributed by atoms with Gasteiger partial charge in [0.1, 0.15) is 6.10 Å². The van der Waals surface area contributed by atoms with Crippen LogP contribution in [0.5, 0.6) is 0 Å². The van der Waals surface area contributed by atoms with E-state index < -0.39 is 22.9 Å². The van der Waals surface area contributed by atoms with E-state index >= 15 is 0 Å². The second kappa shape index (κ2) is 5.54. The summed E-state index contributed by atoms with van der Waals surface area (Å²) >= 11 is 0.455. The van der Waals surface area contributed by atoms with Gasteiger partial charge in [0.15, 0.2) is 5.01 Å². The lowest BCUT2D eigenvalue weighted by Gasteiger charge is -2.34. The first-order valence-electron chi connectivity index (χ1n) is 5.56. The van der Waals surface area contributed by atoms with Crippen molar-refractivity contribution in [1.29, 1.82) is 0 Å². The van der Waals surface area contributed by atoms with Crippen molar-refractivity contribution in [2.75, 3.05) is 7.11 Å². The molecule has 0 aliphatic heterocycles. The predicted molar refractivity (Wildman–Crippen MR) is 62.4 cm³/mol. The summed E-state index contributed by atoms with van der Waals surface area (Å²) in [5.41, 5.74) is -0.866. The van der Waals surface area contributed by atoms with Crippen LogP contribution in [0.4, 0.5) is 13.2 Å². The van der Waals surface area contributed by atoms with E-state index in [4.69, 9.17) is 4.74 Å². The predicted octanol–water partition coefficient (Wildman–Crippen LogP) is 3.40. The lowest BCUT2D eigenvalue weighted by atomic mass is 9.89. The van der Waals surface area contributed by atoms with Crippen LogP contribution in [0.2, 0.25) is 0 Å². The van der Waals surface area contributed by atoms with E-state index in [1.54, 1.807) is 0 Å². The molecule has 0 spiro atoms. The molecule has 1 atom stereocenters. The van der Waals surface area contributed by atoms with Crippen molar-refractivity contribution in [2.45, 2.75) is 44.6 Å². The minimum Gasteiger partial charge on any atom is -0.384 e. The molecule has 1 heterocycles. The van der Waals surface area contributed by atoms with Gasteiger partial charge in [-0.1, -0.05) is 13.8 Å². The quantitative estimate of drug-likeness (QED) is 0.900. The molecule has 3 nitrogen and oxygen atoms in total. The summed E-state index contributed by atoms with van der Waals surface area (Å²) in [5.74, 6) is 0. The van der Waals surface area contributed by atoms with Gasteiger partial charge >= 0.3 is 6.18 Å². The molecule has 104 valence electrons. The van der Waals surface area contributed by atoms with Crippen LogP contribution in [0.3, 0.4) is 0 Å². The summed E-state index contributed by atoms with van der Waals surface area (Å²) in [6, 6.07) is 0. The number of alkyl halides is 3. The minimum absolute atomic E-state index is 0.174. The molecule has 0 aliphatic rings. The van der Waals surface area contributed by atoms with Crippen molar-refractivity contribution in [2.24, 2.45) is 0 Å². The lowest BCUT2D eigenvalue weighted by molar-refractivity contribution is -0.137. The Balaban J connectivity index is 3.03. The van der Waals surface area contributed by atoms with Crippen LogP contribution < -0.4 is 0 Å². The maximum absolute atomic E-state index is 12.4. The van der Waals surface area contributed by atoms with Gasteiger partial charge in [0.2, 0.25) is 0 Å². The summed E-state index contributed by atoms with van der Waals surface area (Å²) < 4.78 is 42.6. The molecule has 18 heavy (non-hydrogen) atoms. The molecule has 7 heteroatoms. The Kier molecular flexibility index (Phi) is 4.74. The molecule has 1 rings (SSSR count). The molecule has 0 radical (unpaired) electrons. The fourth-order valence-electron chi connectivity index (χ4n) is 1.84. The van der Waals surface area contributed by atoms with Gasteiger partial charge in [0.25, 0.3) is 0 Å². The normalized spacial score (nSPS) is 14.8. The third kappa shape index (κ3) is 2.84. The number of aromatic nitrogens is 1. The minimum atomic E-state index is -4.48. The molecule has 0 saturated heterocycles. The van der Waals surface area contributed by atoms with Gasteiger partial charge in [0.05, 0.1) is 10.5 Å². The molecule has 1 unspecified atom stereocenters. The maximum atomic E-state index is 12.4.